The highest BCUT2D eigenvalue weighted by Gasteiger charge is 2.39. The van der Waals surface area contributed by atoms with Gasteiger partial charge in [-0.2, -0.15) is 0 Å². The molecule has 0 heteroatoms. The smallest absolute Gasteiger partial charge is 0.00201 e. The minimum atomic E-state index is 0.645. The Morgan fingerprint density at radius 1 is 0.867 bits per heavy atom. The fourth-order valence-corrected chi connectivity index (χ4v) is 6.13. The molecule has 176 valence electrons. The van der Waals surface area contributed by atoms with Crippen molar-refractivity contribution < 1.29 is 0 Å². The predicted octanol–water partition coefficient (Wildman–Crippen LogP) is 10.1. The van der Waals surface area contributed by atoms with Crippen LogP contribution in [0.25, 0.3) is 0 Å². The zero-order valence-electron chi connectivity index (χ0n) is 22.6. The largest absolute Gasteiger partial charge is 0.0776 e. The third-order valence-corrected chi connectivity index (χ3v) is 8.74. The maximum Gasteiger partial charge on any atom is -0.00201 e. The van der Waals surface area contributed by atoms with Crippen molar-refractivity contribution in [2.24, 2.45) is 47.3 Å². The van der Waals surface area contributed by atoms with Crippen LogP contribution in [-0.4, -0.2) is 0 Å². The van der Waals surface area contributed by atoms with E-state index in [1.165, 1.54) is 44.9 Å². The van der Waals surface area contributed by atoms with Crippen LogP contribution < -0.4 is 0 Å². The van der Waals surface area contributed by atoms with Gasteiger partial charge >= 0.3 is 0 Å². The molecule has 0 bridgehead atoms. The minimum absolute atomic E-state index is 0.645. The molecule has 0 amide bonds. The maximum absolute atomic E-state index is 2.76. The number of allylic oxidation sites excluding steroid dienone is 4. The molecule has 0 aromatic rings. The lowest BCUT2D eigenvalue weighted by Gasteiger charge is -2.44. The van der Waals surface area contributed by atoms with E-state index in [4.69, 9.17) is 0 Å². The number of rotatable bonds is 11. The Labute approximate surface area is 191 Å². The molecular formula is C30H56. The van der Waals surface area contributed by atoms with E-state index >= 15 is 0 Å². The average Bonchev–Trinajstić information content (AvgIpc) is 2.72. The molecule has 0 spiro atoms. The SMILES string of the molecule is CCCCC1=C(C(C)CCC)C(C(C)C(C)C)C(C)C(C)C(C(C)CC)=CC1CC. The summed E-state index contributed by atoms with van der Waals surface area (Å²) in [5, 5.41) is 0. The highest BCUT2D eigenvalue weighted by Crippen LogP contribution is 2.49. The van der Waals surface area contributed by atoms with Crippen molar-refractivity contribution in [2.45, 2.75) is 121 Å². The second-order valence-corrected chi connectivity index (χ2v) is 11.0. The fourth-order valence-electron chi connectivity index (χ4n) is 6.13. The minimum Gasteiger partial charge on any atom is -0.0776 e. The van der Waals surface area contributed by atoms with Crippen molar-refractivity contribution in [3.05, 3.63) is 22.8 Å². The summed E-state index contributed by atoms with van der Waals surface area (Å²) in [4.78, 5) is 0. The zero-order chi connectivity index (χ0) is 23.0. The van der Waals surface area contributed by atoms with Gasteiger partial charge in [0.1, 0.15) is 0 Å². The molecule has 0 nitrogen and oxygen atoms in total. The van der Waals surface area contributed by atoms with Crippen LogP contribution in [0.4, 0.5) is 0 Å². The van der Waals surface area contributed by atoms with Gasteiger partial charge < -0.3 is 0 Å². The zero-order valence-corrected chi connectivity index (χ0v) is 22.6. The monoisotopic (exact) mass is 416 g/mol. The van der Waals surface area contributed by atoms with Crippen LogP contribution in [0, 0.1) is 47.3 Å². The Morgan fingerprint density at radius 3 is 1.97 bits per heavy atom. The molecule has 0 aromatic carbocycles. The highest BCUT2D eigenvalue weighted by atomic mass is 14.4. The molecule has 0 saturated heterocycles. The Bertz CT molecular complexity index is 548. The van der Waals surface area contributed by atoms with E-state index in [2.05, 4.69) is 82.2 Å². The van der Waals surface area contributed by atoms with Gasteiger partial charge in [-0.15, -0.1) is 0 Å². The summed E-state index contributed by atoms with van der Waals surface area (Å²) in [5.74, 6) is 5.65. The van der Waals surface area contributed by atoms with Crippen LogP contribution in [0.3, 0.4) is 0 Å². The van der Waals surface area contributed by atoms with Gasteiger partial charge in [0.15, 0.2) is 0 Å². The summed E-state index contributed by atoms with van der Waals surface area (Å²) < 4.78 is 0. The topological polar surface area (TPSA) is 0 Å². The molecule has 0 aliphatic heterocycles. The molecule has 0 fully saturated rings. The van der Waals surface area contributed by atoms with Crippen LogP contribution in [0.2, 0.25) is 0 Å². The van der Waals surface area contributed by atoms with Crippen molar-refractivity contribution in [3.8, 4) is 0 Å². The molecule has 0 aromatic heterocycles. The van der Waals surface area contributed by atoms with Gasteiger partial charge in [0.25, 0.3) is 0 Å². The van der Waals surface area contributed by atoms with Crippen molar-refractivity contribution in [1.29, 1.82) is 0 Å². The fraction of sp³-hybridized carbons (Fsp3) is 0.867. The number of unbranched alkanes of at least 4 members (excludes halogenated alkanes) is 1. The molecule has 0 N–H and O–H groups in total. The second-order valence-electron chi connectivity index (χ2n) is 11.0. The molecule has 30 heavy (non-hydrogen) atoms. The third kappa shape index (κ3) is 6.49. The molecule has 7 unspecified atom stereocenters. The van der Waals surface area contributed by atoms with E-state index in [0.717, 1.165) is 23.7 Å². The van der Waals surface area contributed by atoms with Crippen molar-refractivity contribution in [2.75, 3.05) is 0 Å². The molecule has 1 aliphatic rings. The van der Waals surface area contributed by atoms with Crippen LogP contribution in [0.5, 0.6) is 0 Å². The Kier molecular flexibility index (Phi) is 12.0. The summed E-state index contributed by atoms with van der Waals surface area (Å²) >= 11 is 0. The summed E-state index contributed by atoms with van der Waals surface area (Å²) in [6.07, 6.45) is 11.9. The van der Waals surface area contributed by atoms with Crippen LogP contribution >= 0.6 is 0 Å². The average molecular weight is 417 g/mol. The molecule has 0 saturated carbocycles. The van der Waals surface area contributed by atoms with Gasteiger partial charge in [-0.25, -0.2) is 0 Å². The summed E-state index contributed by atoms with van der Waals surface area (Å²) in [5.41, 5.74) is 5.49. The van der Waals surface area contributed by atoms with E-state index in [-0.39, 0.29) is 0 Å². The number of hydrogen-bond acceptors (Lipinski definition) is 0. The molecule has 0 radical (unpaired) electrons. The summed E-state index contributed by atoms with van der Waals surface area (Å²) in [6, 6.07) is 0. The Balaban J connectivity index is 3.83. The van der Waals surface area contributed by atoms with Crippen molar-refractivity contribution in [1.82, 2.24) is 0 Å². The maximum atomic E-state index is 2.76. The van der Waals surface area contributed by atoms with Crippen LogP contribution in [-0.2, 0) is 0 Å². The second kappa shape index (κ2) is 13.1. The van der Waals surface area contributed by atoms with E-state index < -0.39 is 0 Å². The summed E-state index contributed by atoms with van der Waals surface area (Å²) in [7, 11) is 0. The van der Waals surface area contributed by atoms with Gasteiger partial charge in [0.05, 0.1) is 0 Å². The van der Waals surface area contributed by atoms with E-state index in [1.807, 2.05) is 11.1 Å². The number of hydrogen-bond donors (Lipinski definition) is 0. The van der Waals surface area contributed by atoms with Gasteiger partial charge in [-0.1, -0.05) is 112 Å². The first kappa shape index (κ1) is 27.5. The van der Waals surface area contributed by atoms with E-state index in [9.17, 15) is 0 Å². The van der Waals surface area contributed by atoms with Gasteiger partial charge in [-0.3, -0.25) is 0 Å². The van der Waals surface area contributed by atoms with Crippen LogP contribution in [0.1, 0.15) is 121 Å². The first-order valence-electron chi connectivity index (χ1n) is 13.6. The summed E-state index contributed by atoms with van der Waals surface area (Å²) in [6.45, 7) is 27.2. The van der Waals surface area contributed by atoms with E-state index in [0.29, 0.717) is 23.7 Å². The molecule has 0 heterocycles. The third-order valence-electron chi connectivity index (χ3n) is 8.74. The Hall–Kier alpha value is -0.520. The Morgan fingerprint density at radius 2 is 1.50 bits per heavy atom. The van der Waals surface area contributed by atoms with Crippen LogP contribution in [0.15, 0.2) is 22.8 Å². The van der Waals surface area contributed by atoms with Crippen molar-refractivity contribution in [3.63, 3.8) is 0 Å². The molecule has 1 rings (SSSR count). The normalized spacial score (nSPS) is 28.7. The van der Waals surface area contributed by atoms with Crippen molar-refractivity contribution >= 4 is 0 Å². The lowest BCUT2D eigenvalue weighted by molar-refractivity contribution is 0.181. The quantitative estimate of drug-likeness (QED) is 0.294. The molecular weight excluding hydrogens is 360 g/mol. The predicted molar refractivity (Wildman–Crippen MR) is 138 cm³/mol. The lowest BCUT2D eigenvalue weighted by Crippen LogP contribution is -2.35. The lowest BCUT2D eigenvalue weighted by atomic mass is 9.60. The highest BCUT2D eigenvalue weighted by molar-refractivity contribution is 5.31. The van der Waals surface area contributed by atoms with Gasteiger partial charge in [0.2, 0.25) is 0 Å². The first-order chi connectivity index (χ1) is 14.2. The molecule has 7 atom stereocenters. The van der Waals surface area contributed by atoms with Gasteiger partial charge in [0, 0.05) is 0 Å². The molecule has 1 aliphatic carbocycles. The first-order valence-corrected chi connectivity index (χ1v) is 13.6. The van der Waals surface area contributed by atoms with E-state index in [1.54, 1.807) is 5.57 Å². The standard InChI is InChI=1S/C30H56/c1-12-16-18-27-26(15-4)19-28(21(7)14-3)24(10)25(11)30(23(9)20(5)6)29(27)22(8)17-13-2/h19-26,30H,12-18H2,1-11H3. The van der Waals surface area contributed by atoms with Gasteiger partial charge in [-0.05, 0) is 79.4 Å².